The topological polar surface area (TPSA) is 80.0 Å². The molecule has 0 amide bonds. The monoisotopic (exact) mass is 511 g/mol. The molecule has 28 heavy (non-hydrogen) atoms. The Bertz CT molecular complexity index is 898. The summed E-state index contributed by atoms with van der Waals surface area (Å²) in [6, 6.07) is 10.2. The second-order valence-electron chi connectivity index (χ2n) is 6.33. The fourth-order valence-corrected chi connectivity index (χ4v) is 3.34. The third-order valence-corrected chi connectivity index (χ3v) is 5.41. The van der Waals surface area contributed by atoms with Gasteiger partial charge in [-0.3, -0.25) is 0 Å². The lowest BCUT2D eigenvalue weighted by molar-refractivity contribution is 0.713. The predicted octanol–water partition coefficient (Wildman–Crippen LogP) is 3.25. The Morgan fingerprint density at radius 2 is 1.79 bits per heavy atom. The standard InChI is InChI=1S/C19H25N7S.HI/c1-13-14(2)27-18(23-13)12-22-19(20-10-16-8-6-5-7-9-16)21-11-17-25-24-15(3)26(17)4;/h5-9H,10-12H2,1-4H3,(H2,20,21,22);1H. The summed E-state index contributed by atoms with van der Waals surface area (Å²) < 4.78 is 1.97. The van der Waals surface area contributed by atoms with Gasteiger partial charge in [-0.2, -0.15) is 0 Å². The fraction of sp³-hybridized carbons (Fsp3) is 0.368. The van der Waals surface area contributed by atoms with Crippen LogP contribution in [0.25, 0.3) is 0 Å². The van der Waals surface area contributed by atoms with Crippen LogP contribution >= 0.6 is 35.3 Å². The van der Waals surface area contributed by atoms with E-state index >= 15 is 0 Å². The van der Waals surface area contributed by atoms with Gasteiger partial charge in [0.15, 0.2) is 11.8 Å². The van der Waals surface area contributed by atoms with Crippen LogP contribution in [0, 0.1) is 20.8 Å². The Morgan fingerprint density at radius 1 is 1.07 bits per heavy atom. The quantitative estimate of drug-likeness (QED) is 0.302. The molecule has 2 aromatic heterocycles. The Balaban J connectivity index is 0.00000280. The molecule has 2 N–H and O–H groups in total. The average molecular weight is 511 g/mol. The van der Waals surface area contributed by atoms with Crippen molar-refractivity contribution in [1.29, 1.82) is 0 Å². The average Bonchev–Trinajstić information content (AvgIpc) is 3.17. The predicted molar refractivity (Wildman–Crippen MR) is 124 cm³/mol. The van der Waals surface area contributed by atoms with Crippen LogP contribution in [-0.2, 0) is 26.7 Å². The molecule has 0 atom stereocenters. The van der Waals surface area contributed by atoms with Gasteiger partial charge in [0.25, 0.3) is 0 Å². The SMILES string of the molecule is Cc1nc(CNC(=NCc2ccccc2)NCc2nnc(C)n2C)sc1C.I. The molecular formula is C19H26IN7S. The van der Waals surface area contributed by atoms with Gasteiger partial charge in [0.1, 0.15) is 10.8 Å². The Hall–Kier alpha value is -2.01. The van der Waals surface area contributed by atoms with E-state index in [1.165, 1.54) is 4.88 Å². The van der Waals surface area contributed by atoms with Gasteiger partial charge in [0.2, 0.25) is 0 Å². The molecular weight excluding hydrogens is 485 g/mol. The number of guanidine groups is 1. The second-order valence-corrected chi connectivity index (χ2v) is 7.62. The molecule has 0 fully saturated rings. The number of hydrogen-bond donors (Lipinski definition) is 2. The van der Waals surface area contributed by atoms with Crippen LogP contribution in [0.1, 0.15) is 32.8 Å². The number of halogens is 1. The highest BCUT2D eigenvalue weighted by molar-refractivity contribution is 14.0. The normalized spacial score (nSPS) is 11.2. The molecule has 2 heterocycles. The zero-order valence-corrected chi connectivity index (χ0v) is 19.7. The molecule has 0 aliphatic heterocycles. The number of aryl methyl sites for hydroxylation is 3. The first kappa shape index (κ1) is 22.3. The number of hydrogen-bond acceptors (Lipinski definition) is 5. The van der Waals surface area contributed by atoms with E-state index in [-0.39, 0.29) is 24.0 Å². The summed E-state index contributed by atoms with van der Waals surface area (Å²) in [5, 5.41) is 16.1. The molecule has 7 nitrogen and oxygen atoms in total. The summed E-state index contributed by atoms with van der Waals surface area (Å²) >= 11 is 1.71. The molecule has 0 aliphatic carbocycles. The molecule has 0 spiro atoms. The van der Waals surface area contributed by atoms with Gasteiger partial charge in [-0.1, -0.05) is 30.3 Å². The van der Waals surface area contributed by atoms with Gasteiger partial charge in [-0.15, -0.1) is 45.5 Å². The fourth-order valence-electron chi connectivity index (χ4n) is 2.47. The number of aliphatic imine (C=N–C) groups is 1. The second kappa shape index (κ2) is 10.5. The minimum absolute atomic E-state index is 0. The van der Waals surface area contributed by atoms with Crippen molar-refractivity contribution in [3.8, 4) is 0 Å². The van der Waals surface area contributed by atoms with Gasteiger partial charge < -0.3 is 15.2 Å². The lowest BCUT2D eigenvalue weighted by atomic mass is 10.2. The van der Waals surface area contributed by atoms with E-state index in [0.717, 1.165) is 33.9 Å². The van der Waals surface area contributed by atoms with Gasteiger partial charge in [0, 0.05) is 11.9 Å². The van der Waals surface area contributed by atoms with Crippen molar-refractivity contribution < 1.29 is 0 Å². The van der Waals surface area contributed by atoms with Crippen molar-refractivity contribution in [2.24, 2.45) is 12.0 Å². The Kier molecular flexibility index (Phi) is 8.36. The van der Waals surface area contributed by atoms with Gasteiger partial charge in [-0.05, 0) is 26.3 Å². The Morgan fingerprint density at radius 3 is 2.39 bits per heavy atom. The maximum atomic E-state index is 4.70. The zero-order valence-electron chi connectivity index (χ0n) is 16.6. The van der Waals surface area contributed by atoms with Crippen LogP contribution < -0.4 is 10.6 Å². The van der Waals surface area contributed by atoms with Crippen molar-refractivity contribution >= 4 is 41.3 Å². The molecule has 0 saturated carbocycles. The zero-order chi connectivity index (χ0) is 19.2. The molecule has 0 saturated heterocycles. The van der Waals surface area contributed by atoms with Crippen LogP contribution in [0.4, 0.5) is 0 Å². The third-order valence-electron chi connectivity index (χ3n) is 4.34. The highest BCUT2D eigenvalue weighted by Crippen LogP contribution is 2.15. The molecule has 9 heteroatoms. The van der Waals surface area contributed by atoms with Gasteiger partial charge in [-0.25, -0.2) is 9.98 Å². The van der Waals surface area contributed by atoms with Gasteiger partial charge in [0.05, 0.1) is 25.3 Å². The molecule has 0 unspecified atom stereocenters. The first-order chi connectivity index (χ1) is 13.0. The van der Waals surface area contributed by atoms with Crippen molar-refractivity contribution in [2.45, 2.75) is 40.4 Å². The molecule has 3 aromatic rings. The van der Waals surface area contributed by atoms with E-state index in [9.17, 15) is 0 Å². The Labute approximate surface area is 186 Å². The largest absolute Gasteiger partial charge is 0.350 e. The lowest BCUT2D eigenvalue weighted by Crippen LogP contribution is -2.37. The summed E-state index contributed by atoms with van der Waals surface area (Å²) in [4.78, 5) is 10.5. The first-order valence-corrected chi connectivity index (χ1v) is 9.68. The van der Waals surface area contributed by atoms with Crippen molar-refractivity contribution in [3.63, 3.8) is 0 Å². The number of aromatic nitrogens is 4. The first-order valence-electron chi connectivity index (χ1n) is 8.87. The van der Waals surface area contributed by atoms with Gasteiger partial charge >= 0.3 is 0 Å². The van der Waals surface area contributed by atoms with E-state index in [2.05, 4.69) is 44.9 Å². The van der Waals surface area contributed by atoms with Crippen LogP contribution in [-0.4, -0.2) is 25.7 Å². The smallest absolute Gasteiger partial charge is 0.192 e. The number of rotatable bonds is 6. The molecule has 3 rings (SSSR count). The summed E-state index contributed by atoms with van der Waals surface area (Å²) in [6.45, 7) is 7.85. The summed E-state index contributed by atoms with van der Waals surface area (Å²) in [5.41, 5.74) is 2.25. The van der Waals surface area contributed by atoms with Crippen molar-refractivity contribution in [1.82, 2.24) is 30.4 Å². The highest BCUT2D eigenvalue weighted by atomic mass is 127. The van der Waals surface area contributed by atoms with Crippen LogP contribution in [0.5, 0.6) is 0 Å². The van der Waals surface area contributed by atoms with E-state index in [1.54, 1.807) is 11.3 Å². The minimum Gasteiger partial charge on any atom is -0.350 e. The molecule has 150 valence electrons. The summed E-state index contributed by atoms with van der Waals surface area (Å²) in [5.74, 6) is 2.48. The number of nitrogens with one attached hydrogen (secondary N) is 2. The number of nitrogens with zero attached hydrogens (tertiary/aromatic N) is 5. The van der Waals surface area contributed by atoms with E-state index in [0.29, 0.717) is 19.6 Å². The maximum Gasteiger partial charge on any atom is 0.192 e. The highest BCUT2D eigenvalue weighted by Gasteiger charge is 2.08. The number of benzene rings is 1. The van der Waals surface area contributed by atoms with E-state index in [4.69, 9.17) is 4.99 Å². The van der Waals surface area contributed by atoms with E-state index in [1.807, 2.05) is 43.7 Å². The van der Waals surface area contributed by atoms with Crippen LogP contribution in [0.3, 0.4) is 0 Å². The molecule has 0 bridgehead atoms. The maximum absolute atomic E-state index is 4.70. The lowest BCUT2D eigenvalue weighted by Gasteiger charge is -2.12. The summed E-state index contributed by atoms with van der Waals surface area (Å²) in [7, 11) is 1.96. The summed E-state index contributed by atoms with van der Waals surface area (Å²) in [6.07, 6.45) is 0. The molecule has 0 radical (unpaired) electrons. The van der Waals surface area contributed by atoms with Crippen molar-refractivity contribution in [2.75, 3.05) is 0 Å². The minimum atomic E-state index is 0. The molecule has 0 aliphatic rings. The van der Waals surface area contributed by atoms with Crippen LogP contribution in [0.2, 0.25) is 0 Å². The third kappa shape index (κ3) is 5.99. The van der Waals surface area contributed by atoms with E-state index < -0.39 is 0 Å². The number of thiazole rings is 1. The van der Waals surface area contributed by atoms with Crippen molar-refractivity contribution in [3.05, 3.63) is 63.1 Å². The molecule has 1 aromatic carbocycles. The van der Waals surface area contributed by atoms with Crippen LogP contribution in [0.15, 0.2) is 35.3 Å².